The van der Waals surface area contributed by atoms with E-state index in [4.69, 9.17) is 9.84 Å². The molecule has 3 rings (SSSR count). The molecule has 0 bridgehead atoms. The topological polar surface area (TPSA) is 123 Å². The van der Waals surface area contributed by atoms with Gasteiger partial charge >= 0.3 is 5.97 Å². The molecule has 1 aliphatic heterocycles. The number of piperidine rings is 1. The molecule has 1 aromatic heterocycles. The van der Waals surface area contributed by atoms with Crippen LogP contribution in [0.25, 0.3) is 10.9 Å². The zero-order chi connectivity index (χ0) is 24.0. The molecule has 2 N–H and O–H groups in total. The smallest absolute Gasteiger partial charge is 0.325 e. The molecular weight excluding hydrogens is 494 g/mol. The summed E-state index contributed by atoms with van der Waals surface area (Å²) in [6.07, 6.45) is 1.61. The van der Waals surface area contributed by atoms with Gasteiger partial charge in [-0.1, -0.05) is 22.0 Å². The van der Waals surface area contributed by atoms with Gasteiger partial charge in [0.2, 0.25) is 17.7 Å². The van der Waals surface area contributed by atoms with E-state index in [1.54, 1.807) is 18.5 Å². The zero-order valence-corrected chi connectivity index (χ0v) is 20.3. The van der Waals surface area contributed by atoms with E-state index in [2.05, 4.69) is 26.6 Å². The van der Waals surface area contributed by atoms with Crippen molar-refractivity contribution >= 4 is 50.5 Å². The number of halogens is 1. The second kappa shape index (κ2) is 11.3. The van der Waals surface area contributed by atoms with Crippen molar-refractivity contribution in [3.8, 4) is 0 Å². The third kappa shape index (κ3) is 6.31. The number of nitrogens with zero attached hydrogens (tertiary/aromatic N) is 3. The molecule has 1 saturated heterocycles. The lowest BCUT2D eigenvalue weighted by Gasteiger charge is -2.30. The Morgan fingerprint density at radius 1 is 1.12 bits per heavy atom. The quantitative estimate of drug-likeness (QED) is 0.505. The Labute approximate surface area is 200 Å². The summed E-state index contributed by atoms with van der Waals surface area (Å²) in [6.45, 7) is 4.31. The van der Waals surface area contributed by atoms with Gasteiger partial charge in [0.05, 0.1) is 24.4 Å². The minimum Gasteiger partial charge on any atom is -0.465 e. The predicted molar refractivity (Wildman–Crippen MR) is 124 cm³/mol. The van der Waals surface area contributed by atoms with Crippen LogP contribution in [0.4, 0.5) is 0 Å². The van der Waals surface area contributed by atoms with Gasteiger partial charge in [0.15, 0.2) is 0 Å². The lowest BCUT2D eigenvalue weighted by Crippen LogP contribution is -2.40. The molecule has 1 aliphatic rings. The Bertz CT molecular complexity index is 1050. The van der Waals surface area contributed by atoms with E-state index in [-0.39, 0.29) is 44.0 Å². The van der Waals surface area contributed by atoms with E-state index in [1.165, 1.54) is 0 Å². The fourth-order valence-electron chi connectivity index (χ4n) is 3.91. The number of amides is 3. The van der Waals surface area contributed by atoms with Crippen molar-refractivity contribution in [2.45, 2.75) is 39.2 Å². The van der Waals surface area contributed by atoms with Crippen molar-refractivity contribution < 1.29 is 23.9 Å². The molecule has 0 atom stereocenters. The Balaban J connectivity index is 1.65. The number of esters is 1. The highest BCUT2D eigenvalue weighted by Crippen LogP contribution is 2.36. The fraction of sp³-hybridized carbons (Fsp3) is 0.500. The van der Waals surface area contributed by atoms with Crippen LogP contribution in [0.15, 0.2) is 22.7 Å². The van der Waals surface area contributed by atoms with Crippen LogP contribution in [0.5, 0.6) is 0 Å². The van der Waals surface area contributed by atoms with Crippen molar-refractivity contribution in [3.05, 3.63) is 28.4 Å². The highest BCUT2D eigenvalue weighted by atomic mass is 79.9. The minimum absolute atomic E-state index is 0.0512. The summed E-state index contributed by atoms with van der Waals surface area (Å²) in [5.41, 5.74) is 1.72. The summed E-state index contributed by atoms with van der Waals surface area (Å²) >= 11 is 3.61. The third-order valence-electron chi connectivity index (χ3n) is 5.56. The number of aromatic nitrogens is 2. The number of carbonyl (C=O) groups excluding carboxylic acids is 4. The number of hydrogen-bond donors (Lipinski definition) is 2. The standard InChI is InChI=1S/C22H28BrN5O5/c1-3-33-20(32)12-25-18(30)11-24-19(31)13-28-17-6-4-5-16(23)21(17)22(26-28)15-7-9-27(10-8-15)14(2)29/h4-6,15H,3,7-13H2,1-2H3,(H,24,31)(H,25,30). The maximum atomic E-state index is 12.5. The van der Waals surface area contributed by atoms with Crippen LogP contribution < -0.4 is 10.6 Å². The maximum Gasteiger partial charge on any atom is 0.325 e. The molecule has 3 amide bonds. The summed E-state index contributed by atoms with van der Waals surface area (Å²) in [7, 11) is 0. The van der Waals surface area contributed by atoms with E-state index in [9.17, 15) is 19.2 Å². The summed E-state index contributed by atoms with van der Waals surface area (Å²) in [5, 5.41) is 10.7. The van der Waals surface area contributed by atoms with Crippen LogP contribution >= 0.6 is 15.9 Å². The average molecular weight is 522 g/mol. The van der Waals surface area contributed by atoms with Gasteiger partial charge in [0, 0.05) is 35.8 Å². The molecule has 0 saturated carbocycles. The van der Waals surface area contributed by atoms with Crippen LogP contribution in [-0.4, -0.2) is 71.2 Å². The molecule has 0 aliphatic carbocycles. The monoisotopic (exact) mass is 521 g/mol. The maximum absolute atomic E-state index is 12.5. The molecular formula is C22H28BrN5O5. The molecule has 1 fully saturated rings. The van der Waals surface area contributed by atoms with Gasteiger partial charge in [0.25, 0.3) is 0 Å². The SMILES string of the molecule is CCOC(=O)CNC(=O)CNC(=O)Cn1nc(C2CCN(C(C)=O)CC2)c2c(Br)cccc21. The number of ether oxygens (including phenoxy) is 1. The second-order valence-electron chi connectivity index (χ2n) is 7.82. The third-order valence-corrected chi connectivity index (χ3v) is 6.22. The van der Waals surface area contributed by atoms with E-state index < -0.39 is 11.9 Å². The van der Waals surface area contributed by atoms with Crippen molar-refractivity contribution in [3.63, 3.8) is 0 Å². The summed E-state index contributed by atoms with van der Waals surface area (Å²) in [5.74, 6) is -1.13. The molecule has 11 heteroatoms. The van der Waals surface area contributed by atoms with Crippen LogP contribution in [0, 0.1) is 0 Å². The molecule has 0 unspecified atom stereocenters. The average Bonchev–Trinajstić information content (AvgIpc) is 3.16. The first-order chi connectivity index (χ1) is 15.8. The highest BCUT2D eigenvalue weighted by Gasteiger charge is 2.27. The number of carbonyl (C=O) groups is 4. The molecule has 2 heterocycles. The first kappa shape index (κ1) is 24.7. The van der Waals surface area contributed by atoms with Crippen LogP contribution in [-0.2, 0) is 30.5 Å². The highest BCUT2D eigenvalue weighted by molar-refractivity contribution is 9.10. The first-order valence-corrected chi connectivity index (χ1v) is 11.7. The van der Waals surface area contributed by atoms with Crippen LogP contribution in [0.2, 0.25) is 0 Å². The van der Waals surface area contributed by atoms with Gasteiger partial charge in [-0.05, 0) is 31.9 Å². The van der Waals surface area contributed by atoms with Crippen molar-refractivity contribution in [2.75, 3.05) is 32.8 Å². The molecule has 2 aromatic rings. The predicted octanol–water partition coefficient (Wildman–Crippen LogP) is 1.32. The Hall–Kier alpha value is -2.95. The van der Waals surface area contributed by atoms with Crippen molar-refractivity contribution in [1.29, 1.82) is 0 Å². The van der Waals surface area contributed by atoms with E-state index in [1.807, 2.05) is 23.1 Å². The zero-order valence-electron chi connectivity index (χ0n) is 18.7. The number of benzene rings is 1. The largest absolute Gasteiger partial charge is 0.465 e. The van der Waals surface area contributed by atoms with Gasteiger partial charge in [-0.3, -0.25) is 23.9 Å². The van der Waals surface area contributed by atoms with E-state index in [0.717, 1.165) is 33.9 Å². The molecule has 0 radical (unpaired) electrons. The van der Waals surface area contributed by atoms with Gasteiger partial charge in [-0.15, -0.1) is 0 Å². The van der Waals surface area contributed by atoms with Crippen molar-refractivity contribution in [2.24, 2.45) is 0 Å². The van der Waals surface area contributed by atoms with Crippen LogP contribution in [0.3, 0.4) is 0 Å². The van der Waals surface area contributed by atoms with E-state index in [0.29, 0.717) is 13.1 Å². The summed E-state index contributed by atoms with van der Waals surface area (Å²) in [4.78, 5) is 49.1. The summed E-state index contributed by atoms with van der Waals surface area (Å²) < 4.78 is 7.28. The molecule has 178 valence electrons. The Morgan fingerprint density at radius 3 is 2.48 bits per heavy atom. The molecule has 33 heavy (non-hydrogen) atoms. The van der Waals surface area contributed by atoms with E-state index >= 15 is 0 Å². The lowest BCUT2D eigenvalue weighted by atomic mass is 9.91. The normalized spacial score (nSPS) is 14.2. The van der Waals surface area contributed by atoms with Gasteiger partial charge in [0.1, 0.15) is 13.1 Å². The minimum atomic E-state index is -0.535. The molecule has 10 nitrogen and oxygen atoms in total. The number of hydrogen-bond acceptors (Lipinski definition) is 6. The molecule has 1 aromatic carbocycles. The second-order valence-corrected chi connectivity index (χ2v) is 8.67. The van der Waals surface area contributed by atoms with Crippen molar-refractivity contribution in [1.82, 2.24) is 25.3 Å². The summed E-state index contributed by atoms with van der Waals surface area (Å²) in [6, 6.07) is 5.73. The Morgan fingerprint density at radius 2 is 1.82 bits per heavy atom. The lowest BCUT2D eigenvalue weighted by molar-refractivity contribution is -0.143. The number of likely N-dealkylation sites (tertiary alicyclic amines) is 1. The van der Waals surface area contributed by atoms with Gasteiger partial charge in [-0.2, -0.15) is 5.10 Å². The van der Waals surface area contributed by atoms with Gasteiger partial charge < -0.3 is 20.3 Å². The van der Waals surface area contributed by atoms with Crippen LogP contribution in [0.1, 0.15) is 38.3 Å². The fourth-order valence-corrected chi connectivity index (χ4v) is 4.46. The van der Waals surface area contributed by atoms with Gasteiger partial charge in [-0.25, -0.2) is 0 Å². The number of nitrogens with one attached hydrogen (secondary N) is 2. The number of rotatable bonds is 8. The first-order valence-electron chi connectivity index (χ1n) is 10.9. The molecule has 0 spiro atoms. The number of fused-ring (bicyclic) bond motifs is 1. The Kier molecular flexibility index (Phi) is 8.43.